The average molecular weight is 422 g/mol. The number of aryl methyl sites for hydroxylation is 1. The summed E-state index contributed by atoms with van der Waals surface area (Å²) in [5.41, 5.74) is 4.21. The molecular weight excluding hydrogens is 399 g/mol. The number of aromatic nitrogens is 3. The van der Waals surface area contributed by atoms with Gasteiger partial charge in [0.05, 0.1) is 5.69 Å². The normalized spacial score (nSPS) is 11.2. The lowest BCUT2D eigenvalue weighted by atomic mass is 10.2. The molecule has 4 aromatic carbocycles. The van der Waals surface area contributed by atoms with Crippen molar-refractivity contribution in [2.24, 2.45) is 7.05 Å². The summed E-state index contributed by atoms with van der Waals surface area (Å²) >= 11 is 0. The van der Waals surface area contributed by atoms with Crippen molar-refractivity contribution in [3.05, 3.63) is 103 Å². The second-order valence-electron chi connectivity index (χ2n) is 7.41. The zero-order valence-electron chi connectivity index (χ0n) is 17.6. The molecule has 0 unspecified atom stereocenters. The van der Waals surface area contributed by atoms with Crippen molar-refractivity contribution in [1.82, 2.24) is 15.0 Å². The quantitative estimate of drug-likeness (QED) is 0.391. The Morgan fingerprint density at radius 3 is 1.94 bits per heavy atom. The molecule has 0 saturated heterocycles. The van der Waals surface area contributed by atoms with Gasteiger partial charge in [-0.3, -0.25) is 0 Å². The largest absolute Gasteiger partial charge is 0.342 e. The van der Waals surface area contributed by atoms with E-state index < -0.39 is 7.92 Å². The molecular formula is C26H23N4P. The van der Waals surface area contributed by atoms with E-state index >= 15 is 0 Å². The van der Waals surface area contributed by atoms with E-state index in [-0.39, 0.29) is 0 Å². The van der Waals surface area contributed by atoms with Crippen LogP contribution in [0.25, 0.3) is 11.0 Å². The number of rotatable bonds is 5. The molecule has 152 valence electrons. The molecule has 5 rings (SSSR count). The maximum absolute atomic E-state index is 4.30. The van der Waals surface area contributed by atoms with E-state index in [0.29, 0.717) is 0 Å². The molecule has 0 saturated carbocycles. The topological polar surface area (TPSA) is 34.0 Å². The summed E-state index contributed by atoms with van der Waals surface area (Å²) in [6.45, 7) is 0. The number of nitrogens with zero attached hydrogens (tertiary/aromatic N) is 4. The van der Waals surface area contributed by atoms with Gasteiger partial charge in [0.2, 0.25) is 0 Å². The maximum atomic E-state index is 4.30. The molecule has 0 fully saturated rings. The van der Waals surface area contributed by atoms with Crippen molar-refractivity contribution in [3.8, 4) is 0 Å². The summed E-state index contributed by atoms with van der Waals surface area (Å²) in [6, 6.07) is 36.5. The Balaban J connectivity index is 1.70. The number of anilines is 2. The highest BCUT2D eigenvalue weighted by molar-refractivity contribution is 7.80. The zero-order chi connectivity index (χ0) is 21.2. The number of hydrogen-bond donors (Lipinski definition) is 0. The van der Waals surface area contributed by atoms with Gasteiger partial charge >= 0.3 is 0 Å². The van der Waals surface area contributed by atoms with Gasteiger partial charge in [-0.2, -0.15) is 0 Å². The van der Waals surface area contributed by atoms with Gasteiger partial charge in [0.25, 0.3) is 0 Å². The molecule has 0 N–H and O–H groups in total. The van der Waals surface area contributed by atoms with Crippen molar-refractivity contribution in [3.63, 3.8) is 0 Å². The minimum atomic E-state index is -0.709. The summed E-state index contributed by atoms with van der Waals surface area (Å²) < 4.78 is 1.85. The Morgan fingerprint density at radius 1 is 0.677 bits per heavy atom. The van der Waals surface area contributed by atoms with Crippen LogP contribution < -0.4 is 20.8 Å². The van der Waals surface area contributed by atoms with E-state index in [2.05, 4.69) is 113 Å². The fraction of sp³-hybridized carbons (Fsp3) is 0.0769. The van der Waals surface area contributed by atoms with Gasteiger partial charge in [-0.1, -0.05) is 90.1 Å². The van der Waals surface area contributed by atoms with Crippen LogP contribution >= 0.6 is 7.92 Å². The number of para-hydroxylation sites is 2. The SMILES string of the molecule is CN(c1ccccc1P(c1ccccc1)c1ccccc1)c1cccc2nnn(C)c12. The lowest BCUT2D eigenvalue weighted by Crippen LogP contribution is -2.26. The van der Waals surface area contributed by atoms with E-state index in [1.54, 1.807) is 0 Å². The molecule has 1 aromatic heterocycles. The molecule has 4 nitrogen and oxygen atoms in total. The predicted molar refractivity (Wildman–Crippen MR) is 132 cm³/mol. The minimum Gasteiger partial charge on any atom is -0.342 e. The highest BCUT2D eigenvalue weighted by Gasteiger charge is 2.22. The number of fused-ring (bicyclic) bond motifs is 1. The Morgan fingerprint density at radius 2 is 1.26 bits per heavy atom. The Hall–Kier alpha value is -3.49. The van der Waals surface area contributed by atoms with Gasteiger partial charge in [0.15, 0.2) is 0 Å². The summed E-state index contributed by atoms with van der Waals surface area (Å²) in [4.78, 5) is 2.27. The van der Waals surface area contributed by atoms with Gasteiger partial charge in [-0.15, -0.1) is 5.10 Å². The van der Waals surface area contributed by atoms with Gasteiger partial charge < -0.3 is 4.90 Å². The van der Waals surface area contributed by atoms with Crippen LogP contribution in [-0.2, 0) is 7.05 Å². The van der Waals surface area contributed by atoms with E-state index in [9.17, 15) is 0 Å². The molecule has 0 amide bonds. The molecule has 1 heterocycles. The fourth-order valence-corrected chi connectivity index (χ4v) is 6.49. The maximum Gasteiger partial charge on any atom is 0.115 e. The van der Waals surface area contributed by atoms with E-state index in [1.165, 1.54) is 21.6 Å². The summed E-state index contributed by atoms with van der Waals surface area (Å²) in [5.74, 6) is 0. The van der Waals surface area contributed by atoms with Gasteiger partial charge in [0.1, 0.15) is 11.0 Å². The van der Waals surface area contributed by atoms with Crippen LogP contribution in [0.5, 0.6) is 0 Å². The van der Waals surface area contributed by atoms with Crippen LogP contribution in [0, 0.1) is 0 Å². The molecule has 0 aliphatic carbocycles. The van der Waals surface area contributed by atoms with Crippen molar-refractivity contribution in [2.45, 2.75) is 0 Å². The highest BCUT2D eigenvalue weighted by Crippen LogP contribution is 2.39. The summed E-state index contributed by atoms with van der Waals surface area (Å²) in [5, 5.41) is 12.5. The smallest absolute Gasteiger partial charge is 0.115 e. The van der Waals surface area contributed by atoms with Crippen molar-refractivity contribution >= 4 is 46.2 Å². The first-order chi connectivity index (χ1) is 15.2. The minimum absolute atomic E-state index is 0.709. The monoisotopic (exact) mass is 422 g/mol. The second kappa shape index (κ2) is 8.33. The third-order valence-corrected chi connectivity index (χ3v) is 7.97. The van der Waals surface area contributed by atoms with Crippen molar-refractivity contribution in [1.29, 1.82) is 0 Å². The van der Waals surface area contributed by atoms with E-state index in [0.717, 1.165) is 16.7 Å². The molecule has 0 aliphatic heterocycles. The second-order valence-corrected chi connectivity index (χ2v) is 9.60. The first-order valence-corrected chi connectivity index (χ1v) is 11.6. The predicted octanol–water partition coefficient (Wildman–Crippen LogP) is 4.49. The van der Waals surface area contributed by atoms with Gasteiger partial charge in [0, 0.05) is 25.1 Å². The molecule has 0 atom stereocenters. The van der Waals surface area contributed by atoms with E-state index in [1.807, 2.05) is 23.9 Å². The third kappa shape index (κ3) is 3.60. The van der Waals surface area contributed by atoms with Crippen LogP contribution in [0.1, 0.15) is 0 Å². The van der Waals surface area contributed by atoms with Crippen LogP contribution in [0.15, 0.2) is 103 Å². The fourth-order valence-electron chi connectivity index (χ4n) is 4.01. The molecule has 0 spiro atoms. The van der Waals surface area contributed by atoms with Crippen LogP contribution in [0.4, 0.5) is 11.4 Å². The van der Waals surface area contributed by atoms with Crippen LogP contribution in [0.2, 0.25) is 0 Å². The first kappa shape index (κ1) is 19.5. The lowest BCUT2D eigenvalue weighted by Gasteiger charge is -2.28. The van der Waals surface area contributed by atoms with Gasteiger partial charge in [-0.05, 0) is 36.7 Å². The van der Waals surface area contributed by atoms with Crippen molar-refractivity contribution in [2.75, 3.05) is 11.9 Å². The molecule has 5 aromatic rings. The third-order valence-electron chi connectivity index (χ3n) is 5.48. The summed E-state index contributed by atoms with van der Waals surface area (Å²) in [6.07, 6.45) is 0. The van der Waals surface area contributed by atoms with Crippen LogP contribution in [0.3, 0.4) is 0 Å². The van der Waals surface area contributed by atoms with E-state index in [4.69, 9.17) is 0 Å². The first-order valence-electron chi connectivity index (χ1n) is 10.3. The Kier molecular flexibility index (Phi) is 5.23. The zero-order valence-corrected chi connectivity index (χ0v) is 18.4. The molecule has 0 radical (unpaired) electrons. The highest BCUT2D eigenvalue weighted by atomic mass is 31.1. The summed E-state index contributed by atoms with van der Waals surface area (Å²) in [7, 11) is 3.36. The lowest BCUT2D eigenvalue weighted by molar-refractivity contribution is 0.736. The Bertz CT molecular complexity index is 1280. The standard InChI is InChI=1S/C26H23N4P/c1-29(24-18-11-16-22-26(24)30(2)28-27-22)23-17-9-10-19-25(23)31(20-12-5-3-6-13-20)21-14-7-4-8-15-21/h3-19H,1-2H3. The van der Waals surface area contributed by atoms with Gasteiger partial charge in [-0.25, -0.2) is 4.68 Å². The molecule has 5 heteroatoms. The molecule has 31 heavy (non-hydrogen) atoms. The number of benzene rings is 4. The average Bonchev–Trinajstić information content (AvgIpc) is 3.22. The Labute approximate surface area is 183 Å². The molecule has 0 aliphatic rings. The number of hydrogen-bond acceptors (Lipinski definition) is 3. The van der Waals surface area contributed by atoms with Crippen molar-refractivity contribution < 1.29 is 0 Å². The van der Waals surface area contributed by atoms with Crippen LogP contribution in [-0.4, -0.2) is 22.0 Å². The molecule has 0 bridgehead atoms.